The molecule has 0 unspecified atom stereocenters. The van der Waals surface area contributed by atoms with Gasteiger partial charge in [0, 0.05) is 18.3 Å². The SMILES string of the molecule is C1=CC(c2cc[nH]c2)C=CO1. The largest absolute Gasteiger partial charge is 0.473 e. The van der Waals surface area contributed by atoms with Gasteiger partial charge in [0.2, 0.25) is 0 Å². The van der Waals surface area contributed by atoms with Gasteiger partial charge in [-0.25, -0.2) is 0 Å². The summed E-state index contributed by atoms with van der Waals surface area (Å²) in [5.74, 6) is 0.370. The van der Waals surface area contributed by atoms with E-state index in [-0.39, 0.29) is 0 Å². The topological polar surface area (TPSA) is 25.0 Å². The Labute approximate surface area is 65.2 Å². The molecule has 0 fully saturated rings. The minimum absolute atomic E-state index is 0.370. The lowest BCUT2D eigenvalue weighted by molar-refractivity contribution is 0.390. The summed E-state index contributed by atoms with van der Waals surface area (Å²) >= 11 is 0. The molecule has 2 heteroatoms. The second-order valence-corrected chi connectivity index (χ2v) is 2.46. The maximum absolute atomic E-state index is 4.93. The van der Waals surface area contributed by atoms with Crippen molar-refractivity contribution in [1.29, 1.82) is 0 Å². The molecule has 0 amide bonds. The summed E-state index contributed by atoms with van der Waals surface area (Å²) in [6, 6.07) is 2.06. The molecule has 2 rings (SSSR count). The van der Waals surface area contributed by atoms with E-state index in [1.165, 1.54) is 5.56 Å². The van der Waals surface area contributed by atoms with Crippen molar-refractivity contribution in [3.05, 3.63) is 48.7 Å². The average Bonchev–Trinajstić information content (AvgIpc) is 2.58. The Balaban J connectivity index is 2.23. The fourth-order valence-corrected chi connectivity index (χ4v) is 1.14. The van der Waals surface area contributed by atoms with Gasteiger partial charge in [-0.15, -0.1) is 0 Å². The fourth-order valence-electron chi connectivity index (χ4n) is 1.14. The van der Waals surface area contributed by atoms with Crippen molar-refractivity contribution in [2.75, 3.05) is 0 Å². The van der Waals surface area contributed by atoms with Crippen LogP contribution in [-0.2, 0) is 4.74 Å². The summed E-state index contributed by atoms with van der Waals surface area (Å²) < 4.78 is 4.93. The van der Waals surface area contributed by atoms with E-state index >= 15 is 0 Å². The number of rotatable bonds is 1. The standard InChI is InChI=1S/C9H9NO/c1-4-10-7-9(1)8-2-5-11-6-3-8/h1-8,10H. The van der Waals surface area contributed by atoms with Crippen LogP contribution in [0.25, 0.3) is 0 Å². The number of nitrogens with one attached hydrogen (secondary N) is 1. The molecule has 2 nitrogen and oxygen atoms in total. The number of aromatic amines is 1. The van der Waals surface area contributed by atoms with Crippen molar-refractivity contribution in [3.63, 3.8) is 0 Å². The Morgan fingerprint density at radius 3 is 2.73 bits per heavy atom. The molecule has 0 radical (unpaired) electrons. The predicted octanol–water partition coefficient (Wildman–Crippen LogP) is 2.16. The molecule has 0 bridgehead atoms. The van der Waals surface area contributed by atoms with Crippen molar-refractivity contribution in [2.24, 2.45) is 0 Å². The highest BCUT2D eigenvalue weighted by Gasteiger charge is 2.05. The van der Waals surface area contributed by atoms with Gasteiger partial charge >= 0.3 is 0 Å². The van der Waals surface area contributed by atoms with Crippen molar-refractivity contribution in [1.82, 2.24) is 4.98 Å². The van der Waals surface area contributed by atoms with Gasteiger partial charge < -0.3 is 9.72 Å². The lowest BCUT2D eigenvalue weighted by Gasteiger charge is -2.07. The fraction of sp³-hybridized carbons (Fsp3) is 0.111. The number of hydrogen-bond acceptors (Lipinski definition) is 1. The van der Waals surface area contributed by atoms with Crippen molar-refractivity contribution < 1.29 is 4.74 Å². The molecule has 2 heterocycles. The molecule has 0 saturated carbocycles. The zero-order chi connectivity index (χ0) is 7.52. The summed E-state index contributed by atoms with van der Waals surface area (Å²) in [7, 11) is 0. The number of aromatic nitrogens is 1. The summed E-state index contributed by atoms with van der Waals surface area (Å²) in [5, 5.41) is 0. The van der Waals surface area contributed by atoms with E-state index in [0.29, 0.717) is 5.92 Å². The Kier molecular flexibility index (Phi) is 1.52. The summed E-state index contributed by atoms with van der Waals surface area (Å²) in [6.45, 7) is 0. The minimum Gasteiger partial charge on any atom is -0.473 e. The van der Waals surface area contributed by atoms with Crippen LogP contribution in [-0.4, -0.2) is 4.98 Å². The highest BCUT2D eigenvalue weighted by Crippen LogP contribution is 2.20. The van der Waals surface area contributed by atoms with Gasteiger partial charge in [-0.1, -0.05) is 0 Å². The summed E-state index contributed by atoms with van der Waals surface area (Å²) in [5.41, 5.74) is 1.26. The van der Waals surface area contributed by atoms with Gasteiger partial charge in [0.1, 0.15) is 0 Å². The average molecular weight is 147 g/mol. The van der Waals surface area contributed by atoms with E-state index in [4.69, 9.17) is 4.74 Å². The van der Waals surface area contributed by atoms with Crippen LogP contribution < -0.4 is 0 Å². The van der Waals surface area contributed by atoms with Crippen molar-refractivity contribution >= 4 is 0 Å². The monoisotopic (exact) mass is 147 g/mol. The van der Waals surface area contributed by atoms with Crippen LogP contribution in [0.1, 0.15) is 11.5 Å². The molecule has 1 aliphatic heterocycles. The first-order chi connectivity index (χ1) is 5.47. The third-order valence-electron chi connectivity index (χ3n) is 1.74. The molecule has 0 aliphatic carbocycles. The molecule has 1 aliphatic rings. The molecule has 1 aromatic heterocycles. The van der Waals surface area contributed by atoms with Gasteiger partial charge in [0.25, 0.3) is 0 Å². The Bertz CT molecular complexity index is 260. The van der Waals surface area contributed by atoms with Crippen LogP contribution in [0.15, 0.2) is 43.1 Å². The molecule has 0 saturated heterocycles. The Morgan fingerprint density at radius 1 is 1.27 bits per heavy atom. The van der Waals surface area contributed by atoms with Crippen LogP contribution >= 0.6 is 0 Å². The normalized spacial score (nSPS) is 16.7. The molecule has 56 valence electrons. The van der Waals surface area contributed by atoms with Crippen molar-refractivity contribution in [2.45, 2.75) is 5.92 Å². The van der Waals surface area contributed by atoms with E-state index in [0.717, 1.165) is 0 Å². The van der Waals surface area contributed by atoms with Gasteiger partial charge in [0.05, 0.1) is 12.5 Å². The van der Waals surface area contributed by atoms with Crippen LogP contribution in [0.3, 0.4) is 0 Å². The number of H-pyrrole nitrogens is 1. The van der Waals surface area contributed by atoms with Crippen LogP contribution in [0.4, 0.5) is 0 Å². The second kappa shape index (κ2) is 2.66. The van der Waals surface area contributed by atoms with Crippen LogP contribution in [0.5, 0.6) is 0 Å². The molecule has 1 aromatic rings. The maximum atomic E-state index is 4.93. The molecular weight excluding hydrogens is 138 g/mol. The first kappa shape index (κ1) is 6.28. The molecule has 0 spiro atoms. The first-order valence-corrected chi connectivity index (χ1v) is 3.58. The zero-order valence-corrected chi connectivity index (χ0v) is 6.03. The van der Waals surface area contributed by atoms with Gasteiger partial charge in [-0.3, -0.25) is 0 Å². The van der Waals surface area contributed by atoms with E-state index in [1.807, 2.05) is 24.5 Å². The summed E-state index contributed by atoms with van der Waals surface area (Å²) in [4.78, 5) is 3.02. The van der Waals surface area contributed by atoms with Gasteiger partial charge in [-0.2, -0.15) is 0 Å². The maximum Gasteiger partial charge on any atom is 0.0870 e. The Hall–Kier alpha value is -1.44. The highest BCUT2D eigenvalue weighted by atomic mass is 16.5. The number of allylic oxidation sites excluding steroid dienone is 2. The lowest BCUT2D eigenvalue weighted by atomic mass is 10.0. The van der Waals surface area contributed by atoms with E-state index in [9.17, 15) is 0 Å². The smallest absolute Gasteiger partial charge is 0.0870 e. The van der Waals surface area contributed by atoms with E-state index in [2.05, 4.69) is 11.1 Å². The van der Waals surface area contributed by atoms with Gasteiger partial charge in [-0.05, 0) is 23.8 Å². The molecule has 1 N–H and O–H groups in total. The zero-order valence-electron chi connectivity index (χ0n) is 6.03. The van der Waals surface area contributed by atoms with E-state index in [1.54, 1.807) is 12.5 Å². The van der Waals surface area contributed by atoms with Crippen molar-refractivity contribution in [3.8, 4) is 0 Å². The molecular formula is C9H9NO. The second-order valence-electron chi connectivity index (χ2n) is 2.46. The van der Waals surface area contributed by atoms with Gasteiger partial charge in [0.15, 0.2) is 0 Å². The van der Waals surface area contributed by atoms with Crippen LogP contribution in [0.2, 0.25) is 0 Å². The van der Waals surface area contributed by atoms with E-state index < -0.39 is 0 Å². The predicted molar refractivity (Wildman–Crippen MR) is 42.9 cm³/mol. The summed E-state index contributed by atoms with van der Waals surface area (Å²) in [6.07, 6.45) is 11.4. The van der Waals surface area contributed by atoms with Crippen LogP contribution in [0, 0.1) is 0 Å². The molecule has 0 aromatic carbocycles. The minimum atomic E-state index is 0.370. The number of hydrogen-bond donors (Lipinski definition) is 1. The molecule has 0 atom stereocenters. The third kappa shape index (κ3) is 1.19. The molecule has 11 heavy (non-hydrogen) atoms. The third-order valence-corrected chi connectivity index (χ3v) is 1.74. The number of ether oxygens (including phenoxy) is 1. The lowest BCUT2D eigenvalue weighted by Crippen LogP contribution is -1.92. The Morgan fingerprint density at radius 2 is 2.09 bits per heavy atom. The first-order valence-electron chi connectivity index (χ1n) is 3.58. The quantitative estimate of drug-likeness (QED) is 0.646. The highest BCUT2D eigenvalue weighted by molar-refractivity contribution is 5.26.